The summed E-state index contributed by atoms with van der Waals surface area (Å²) in [6.45, 7) is 22.6. The van der Waals surface area contributed by atoms with Crippen molar-refractivity contribution in [2.75, 3.05) is 84.8 Å². The van der Waals surface area contributed by atoms with Crippen LogP contribution in [0.5, 0.6) is 0 Å². The minimum absolute atomic E-state index is 0.131. The Hall–Kier alpha value is -6.34. The standard InChI is InChI=1S/C62H84N10O8/c1-10-53(73)70-37-62(80-39-70)22-26-68(27-23-62)60(77)66(8)55(40(3)4)57(74)64-51-31-42-16-14-17-43(30-42)44-20-21-52-47(32-44)49(34-61(6,7)38-79-59(76)50-19-15-25-72(65-50)58(51)75)56(71(52)11-2)48-33-46(35-63-54(48)41(5)78-9)69-29-28-67-24-13-12-18-45(67)36-69/h10,14,16-17,20-21,30,32-33,35,40-41,45,50-51,55,65H,1,11-13,15,18-19,22-29,31,34,36-39H2,2-9H3,(H,64,74)/t41-,45+,50-,51-,55-/m0/s1. The quantitative estimate of drug-likeness (QED) is 0.120. The Balaban J connectivity index is 0.988. The largest absolute Gasteiger partial charge is 0.464 e. The average Bonchev–Trinajstić information content (AvgIpc) is 4.22. The molecule has 6 aliphatic rings. The van der Waals surface area contributed by atoms with E-state index in [-0.39, 0.29) is 43.7 Å². The lowest BCUT2D eigenvalue weighted by Crippen LogP contribution is -2.62. The number of pyridine rings is 1. The maximum atomic E-state index is 15.0. The van der Waals surface area contributed by atoms with Crippen molar-refractivity contribution in [3.63, 3.8) is 0 Å². The number of fused-ring (bicyclic) bond motifs is 7. The van der Waals surface area contributed by atoms with Crippen LogP contribution in [-0.2, 0) is 52.8 Å². The van der Waals surface area contributed by atoms with E-state index in [2.05, 4.69) is 95.8 Å². The number of carbonyl (C=O) groups excluding carboxylic acids is 5. The van der Waals surface area contributed by atoms with Crippen LogP contribution in [0.1, 0.15) is 109 Å². The zero-order valence-corrected chi connectivity index (χ0v) is 48.4. The van der Waals surface area contributed by atoms with Gasteiger partial charge in [0.1, 0.15) is 24.9 Å². The van der Waals surface area contributed by atoms with Crippen LogP contribution in [0.2, 0.25) is 0 Å². The topological polar surface area (TPSA) is 174 Å². The van der Waals surface area contributed by atoms with Crippen LogP contribution in [0.4, 0.5) is 10.5 Å². The highest BCUT2D eigenvalue weighted by atomic mass is 16.5. The summed E-state index contributed by atoms with van der Waals surface area (Å²) in [7, 11) is 3.37. The monoisotopic (exact) mass is 1100 g/mol. The van der Waals surface area contributed by atoms with Crippen molar-refractivity contribution in [2.45, 2.75) is 142 Å². The SMILES string of the molecule is C=CC(=O)N1COC2(CCN(C(=O)N(C)[C@H](C(=O)N[C@H]3Cc4cccc(c4)-c4ccc5c(c4)c(c(-c4cc(N6CCN7CCCC[C@@H]7C6)cnc4[C@H](C)OC)n5CC)CC(C)(C)COC(=O)[C@@H]4CCCN(N4)C3=O)C(C)C)CC2)C1. The number of carbonyl (C=O) groups is 5. The highest BCUT2D eigenvalue weighted by molar-refractivity contribution is 5.96. The Morgan fingerprint density at radius 2 is 1.75 bits per heavy atom. The van der Waals surface area contributed by atoms with Gasteiger partial charge in [-0.15, -0.1) is 0 Å². The van der Waals surface area contributed by atoms with Crippen molar-refractivity contribution >= 4 is 46.3 Å². The number of esters is 1. The fourth-order valence-electron chi connectivity index (χ4n) is 13.4. The Labute approximate surface area is 472 Å². The van der Waals surface area contributed by atoms with Gasteiger partial charge in [-0.1, -0.05) is 71.0 Å². The molecule has 2 aromatic carbocycles. The minimum Gasteiger partial charge on any atom is -0.464 e. The number of benzene rings is 2. The number of rotatable bonds is 10. The smallest absolute Gasteiger partial charge is 0.324 e. The van der Waals surface area contributed by atoms with Crippen LogP contribution in [0.3, 0.4) is 0 Å². The summed E-state index contributed by atoms with van der Waals surface area (Å²) >= 11 is 0. The molecule has 5 fully saturated rings. The average molecular weight is 1100 g/mol. The molecule has 5 amide bonds. The summed E-state index contributed by atoms with van der Waals surface area (Å²) in [4.78, 5) is 85.9. The summed E-state index contributed by atoms with van der Waals surface area (Å²) in [5.41, 5.74) is 11.2. The Bertz CT molecular complexity index is 2980. The molecule has 10 rings (SSSR count). The van der Waals surface area contributed by atoms with E-state index in [0.29, 0.717) is 70.9 Å². The van der Waals surface area contributed by atoms with Crippen molar-refractivity contribution in [3.8, 4) is 22.4 Å². The second kappa shape index (κ2) is 23.6. The molecule has 18 nitrogen and oxygen atoms in total. The zero-order valence-electron chi connectivity index (χ0n) is 48.4. The number of likely N-dealkylation sites (N-methyl/N-ethyl adjacent to an activating group) is 1. The van der Waals surface area contributed by atoms with Crippen molar-refractivity contribution in [3.05, 3.63) is 84.2 Å². The van der Waals surface area contributed by atoms with Crippen molar-refractivity contribution in [1.82, 2.24) is 44.9 Å². The van der Waals surface area contributed by atoms with Crippen molar-refractivity contribution in [1.29, 1.82) is 0 Å². The number of aromatic nitrogens is 2. The first-order valence-corrected chi connectivity index (χ1v) is 29.3. The van der Waals surface area contributed by atoms with Gasteiger partial charge >= 0.3 is 12.0 Å². The second-order valence-corrected chi connectivity index (χ2v) is 24.4. The van der Waals surface area contributed by atoms with Gasteiger partial charge in [0.25, 0.3) is 5.91 Å². The number of hydrogen-bond donors (Lipinski definition) is 2. The molecule has 0 radical (unpaired) electrons. The molecule has 1 spiro atoms. The molecule has 80 heavy (non-hydrogen) atoms. The summed E-state index contributed by atoms with van der Waals surface area (Å²) in [6.07, 6.45) is 9.58. The molecule has 6 aliphatic heterocycles. The normalized spacial score (nSPS) is 23.3. The molecule has 8 heterocycles. The molecule has 4 aromatic rings. The number of nitrogens with zero attached hydrogens (tertiary/aromatic N) is 8. The van der Waals surface area contributed by atoms with E-state index in [1.165, 1.54) is 41.8 Å². The van der Waals surface area contributed by atoms with Crippen molar-refractivity contribution in [2.24, 2.45) is 11.3 Å². The van der Waals surface area contributed by atoms with E-state index in [4.69, 9.17) is 19.2 Å². The molecule has 18 heteroatoms. The molecule has 0 saturated carbocycles. The van der Waals surface area contributed by atoms with Crippen molar-refractivity contribution < 1.29 is 38.2 Å². The summed E-state index contributed by atoms with van der Waals surface area (Å²) < 4.78 is 20.9. The number of hydrogen-bond acceptors (Lipinski definition) is 12. The highest BCUT2D eigenvalue weighted by Gasteiger charge is 2.46. The van der Waals surface area contributed by atoms with Gasteiger partial charge in [-0.25, -0.2) is 10.2 Å². The number of hydrazine groups is 1. The number of urea groups is 1. The fraction of sp³-hybridized carbons (Fsp3) is 0.581. The van der Waals surface area contributed by atoms with Gasteiger partial charge in [0, 0.05) is 94.3 Å². The van der Waals surface area contributed by atoms with E-state index in [1.807, 2.05) is 32.2 Å². The van der Waals surface area contributed by atoms with E-state index in [0.717, 1.165) is 75.4 Å². The van der Waals surface area contributed by atoms with E-state index in [1.54, 1.807) is 24.0 Å². The number of piperazine rings is 1. The third-order valence-electron chi connectivity index (χ3n) is 18.0. The molecule has 5 saturated heterocycles. The predicted octanol–water partition coefficient (Wildman–Crippen LogP) is 7.33. The predicted molar refractivity (Wildman–Crippen MR) is 308 cm³/mol. The van der Waals surface area contributed by atoms with Gasteiger partial charge in [-0.2, -0.15) is 0 Å². The van der Waals surface area contributed by atoms with Crippen LogP contribution in [0.25, 0.3) is 33.3 Å². The van der Waals surface area contributed by atoms with Gasteiger partial charge in [0.15, 0.2) is 0 Å². The number of cyclic esters (lactones) is 1. The summed E-state index contributed by atoms with van der Waals surface area (Å²) in [6, 6.07) is 14.6. The van der Waals surface area contributed by atoms with E-state index < -0.39 is 46.9 Å². The lowest BCUT2D eigenvalue weighted by atomic mass is 9.84. The molecular formula is C62H84N10O8. The lowest BCUT2D eigenvalue weighted by molar-refractivity contribution is -0.155. The van der Waals surface area contributed by atoms with E-state index in [9.17, 15) is 24.0 Å². The molecule has 6 bridgehead atoms. The van der Waals surface area contributed by atoms with E-state index >= 15 is 0 Å². The van der Waals surface area contributed by atoms with Crippen LogP contribution in [0, 0.1) is 11.3 Å². The zero-order chi connectivity index (χ0) is 56.6. The molecule has 2 N–H and O–H groups in total. The fourth-order valence-corrected chi connectivity index (χ4v) is 13.4. The van der Waals surface area contributed by atoms with Crippen LogP contribution in [-0.4, -0.2) is 174 Å². The van der Waals surface area contributed by atoms with Gasteiger partial charge < -0.3 is 43.7 Å². The number of piperidine rings is 2. The molecule has 0 unspecified atom stereocenters. The molecule has 430 valence electrons. The van der Waals surface area contributed by atoms with Gasteiger partial charge in [0.05, 0.1) is 48.1 Å². The van der Waals surface area contributed by atoms with Crippen LogP contribution in [0.15, 0.2) is 67.4 Å². The van der Waals surface area contributed by atoms with Gasteiger partial charge in [-0.05, 0) is 118 Å². The lowest BCUT2D eigenvalue weighted by Gasteiger charge is -2.45. The first-order valence-electron chi connectivity index (χ1n) is 29.3. The van der Waals surface area contributed by atoms with Gasteiger partial charge in [-0.3, -0.25) is 34.1 Å². The highest BCUT2D eigenvalue weighted by Crippen LogP contribution is 2.44. The Kier molecular flexibility index (Phi) is 16.8. The summed E-state index contributed by atoms with van der Waals surface area (Å²) in [5.74, 6) is -1.80. The first kappa shape index (κ1) is 56.9. The van der Waals surface area contributed by atoms with Gasteiger partial charge in [0.2, 0.25) is 11.8 Å². The summed E-state index contributed by atoms with van der Waals surface area (Å²) in [5, 5.41) is 5.68. The molecule has 5 atom stereocenters. The molecule has 0 aliphatic carbocycles. The number of amides is 5. The number of nitrogens with one attached hydrogen (secondary N) is 2. The molecule has 2 aromatic heterocycles. The third-order valence-corrected chi connectivity index (χ3v) is 18.0. The Morgan fingerprint density at radius 3 is 2.50 bits per heavy atom. The third kappa shape index (κ3) is 11.6. The van der Waals surface area contributed by atoms with Crippen LogP contribution < -0.4 is 15.6 Å². The number of aryl methyl sites for hydroxylation is 1. The second-order valence-electron chi connectivity index (χ2n) is 24.4. The first-order chi connectivity index (χ1) is 38.4. The number of anilines is 1. The molecular weight excluding hydrogens is 1010 g/mol. The number of likely N-dealkylation sites (tertiary alicyclic amines) is 1. The maximum Gasteiger partial charge on any atom is 0.324 e. The minimum atomic E-state index is -1.06. The number of ether oxygens (including phenoxy) is 3. The van der Waals surface area contributed by atoms with Crippen LogP contribution >= 0.6 is 0 Å². The Morgan fingerprint density at radius 1 is 0.963 bits per heavy atom. The number of methoxy groups -OCH3 is 1. The maximum absolute atomic E-state index is 15.0.